The molecule has 4 amide bonds. The highest BCUT2D eigenvalue weighted by molar-refractivity contribution is 5.90. The van der Waals surface area contributed by atoms with Gasteiger partial charge in [0.1, 0.15) is 6.04 Å². The van der Waals surface area contributed by atoms with Gasteiger partial charge in [-0.1, -0.05) is 85.2 Å². The number of nitrogens with zero attached hydrogens (tertiary/aromatic N) is 2. The van der Waals surface area contributed by atoms with E-state index in [2.05, 4.69) is 16.0 Å². The van der Waals surface area contributed by atoms with Crippen molar-refractivity contribution in [1.29, 1.82) is 0 Å². The summed E-state index contributed by atoms with van der Waals surface area (Å²) in [6, 6.07) is 6.67. The molecular weight excluding hydrogens is 662 g/mol. The van der Waals surface area contributed by atoms with Crippen LogP contribution < -0.4 is 16.0 Å². The largest absolute Gasteiger partial charge is 0.386 e. The Labute approximate surface area is 313 Å². The number of aliphatic hydroxyl groups excluding tert-OH is 1. The summed E-state index contributed by atoms with van der Waals surface area (Å²) in [6.45, 7) is 15.9. The van der Waals surface area contributed by atoms with E-state index in [0.717, 1.165) is 19.3 Å². The van der Waals surface area contributed by atoms with Crippen LogP contribution in [0.3, 0.4) is 0 Å². The Morgan fingerprint density at radius 1 is 0.904 bits per heavy atom. The molecule has 0 radical (unpaired) electrons. The van der Waals surface area contributed by atoms with E-state index in [1.807, 2.05) is 76.8 Å². The fourth-order valence-electron chi connectivity index (χ4n) is 7.59. The van der Waals surface area contributed by atoms with Crippen LogP contribution >= 0.6 is 0 Å². The van der Waals surface area contributed by atoms with Gasteiger partial charge >= 0.3 is 0 Å². The fourth-order valence-corrected chi connectivity index (χ4v) is 7.59. The second kappa shape index (κ2) is 21.6. The summed E-state index contributed by atoms with van der Waals surface area (Å²) in [5.74, 6) is -1.62. The van der Waals surface area contributed by atoms with Gasteiger partial charge in [-0.2, -0.15) is 0 Å². The van der Waals surface area contributed by atoms with E-state index in [1.165, 1.54) is 0 Å². The van der Waals surface area contributed by atoms with Crippen molar-refractivity contribution >= 4 is 23.6 Å². The Hall–Kier alpha value is -3.06. The number of benzene rings is 1. The van der Waals surface area contributed by atoms with Crippen molar-refractivity contribution in [1.82, 2.24) is 25.8 Å². The normalized spacial score (nSPS) is 20.2. The molecule has 52 heavy (non-hydrogen) atoms. The van der Waals surface area contributed by atoms with Gasteiger partial charge in [0.2, 0.25) is 23.6 Å². The maximum atomic E-state index is 14.3. The number of hydrogen-bond acceptors (Lipinski definition) is 8. The Balaban J connectivity index is 2.28. The lowest BCUT2D eigenvalue weighted by Gasteiger charge is -2.43. The van der Waals surface area contributed by atoms with Crippen LogP contribution in [0.25, 0.3) is 0 Å². The summed E-state index contributed by atoms with van der Waals surface area (Å²) >= 11 is 0. The lowest BCUT2D eigenvalue weighted by molar-refractivity contribution is -0.150. The zero-order valence-electron chi connectivity index (χ0n) is 33.8. The summed E-state index contributed by atoms with van der Waals surface area (Å²) in [7, 11) is 6.60. The molecule has 1 fully saturated rings. The molecule has 0 aliphatic carbocycles. The average molecular weight is 732 g/mol. The lowest BCUT2D eigenvalue weighted by atomic mass is 9.87. The smallest absolute Gasteiger partial charge is 0.245 e. The van der Waals surface area contributed by atoms with Gasteiger partial charge < -0.3 is 40.3 Å². The molecule has 0 spiro atoms. The summed E-state index contributed by atoms with van der Waals surface area (Å²) in [6.07, 6.45) is 1.09. The van der Waals surface area contributed by atoms with Gasteiger partial charge in [-0.25, -0.2) is 0 Å². The third kappa shape index (κ3) is 11.7. The lowest BCUT2D eigenvalue weighted by Crippen LogP contribution is -2.60. The van der Waals surface area contributed by atoms with Gasteiger partial charge in [-0.15, -0.1) is 0 Å². The molecule has 0 unspecified atom stereocenters. The summed E-state index contributed by atoms with van der Waals surface area (Å²) in [4.78, 5) is 58.7. The van der Waals surface area contributed by atoms with Crippen LogP contribution in [-0.2, 0) is 28.7 Å². The molecule has 0 aromatic heterocycles. The molecule has 2 rings (SSSR count). The Morgan fingerprint density at radius 2 is 1.52 bits per heavy atom. The number of likely N-dealkylation sites (N-methyl/N-ethyl adjacent to an activating group) is 2. The third-order valence-corrected chi connectivity index (χ3v) is 11.0. The minimum atomic E-state index is -0.877. The van der Waals surface area contributed by atoms with Crippen molar-refractivity contribution in [2.24, 2.45) is 23.7 Å². The van der Waals surface area contributed by atoms with Crippen LogP contribution in [0.2, 0.25) is 0 Å². The molecular formula is C40H69N5O7. The number of nitrogens with one attached hydrogen (secondary N) is 3. The van der Waals surface area contributed by atoms with Crippen molar-refractivity contribution in [3.63, 3.8) is 0 Å². The van der Waals surface area contributed by atoms with E-state index in [9.17, 15) is 24.3 Å². The van der Waals surface area contributed by atoms with Crippen molar-refractivity contribution < 1.29 is 33.8 Å². The van der Waals surface area contributed by atoms with Gasteiger partial charge in [0.25, 0.3) is 0 Å². The van der Waals surface area contributed by atoms with Crippen LogP contribution in [0, 0.1) is 23.7 Å². The SMILES string of the molecule is CC[C@H](C)[C@@H]([C@@H](CC(=O)N1CCCC[C@H]1[C@H](OC)[C@@H](C)C(=O)N[C@H](C)[C@@H](O)c1ccccc1)OC)N(C)C(=O)[C@@H](NC(=O)[C@@H](NC)C(C)C)C(C)C. The summed E-state index contributed by atoms with van der Waals surface area (Å²) < 4.78 is 12.0. The zero-order chi connectivity index (χ0) is 39.3. The quantitative estimate of drug-likeness (QED) is 0.158. The maximum Gasteiger partial charge on any atom is 0.245 e. The molecule has 1 heterocycles. The number of carbonyl (C=O) groups is 4. The van der Waals surface area contributed by atoms with E-state index in [1.54, 1.807) is 47.1 Å². The predicted molar refractivity (Wildman–Crippen MR) is 204 cm³/mol. The van der Waals surface area contributed by atoms with Gasteiger partial charge in [0.05, 0.1) is 54.8 Å². The number of aliphatic hydroxyl groups is 1. The molecule has 296 valence electrons. The number of amides is 4. The van der Waals surface area contributed by atoms with Crippen molar-refractivity contribution in [3.8, 4) is 0 Å². The Bertz CT molecular complexity index is 1260. The molecule has 10 atom stereocenters. The van der Waals surface area contributed by atoms with Gasteiger partial charge in [0.15, 0.2) is 0 Å². The summed E-state index contributed by atoms with van der Waals surface area (Å²) in [5, 5.41) is 19.9. The number of rotatable bonds is 20. The highest BCUT2D eigenvalue weighted by Crippen LogP contribution is 2.29. The Morgan fingerprint density at radius 3 is 2.04 bits per heavy atom. The molecule has 0 saturated carbocycles. The van der Waals surface area contributed by atoms with Gasteiger partial charge in [0, 0.05) is 27.8 Å². The minimum Gasteiger partial charge on any atom is -0.386 e. The van der Waals surface area contributed by atoms with Crippen LogP contribution in [0.1, 0.15) is 99.2 Å². The first-order chi connectivity index (χ1) is 24.5. The monoisotopic (exact) mass is 732 g/mol. The number of likely N-dealkylation sites (tertiary alicyclic amines) is 1. The molecule has 1 aliphatic heterocycles. The number of ether oxygens (including phenoxy) is 2. The number of carbonyl (C=O) groups excluding carboxylic acids is 4. The topological polar surface area (TPSA) is 150 Å². The average Bonchev–Trinajstić information content (AvgIpc) is 3.13. The first-order valence-corrected chi connectivity index (χ1v) is 19.2. The molecule has 1 aliphatic rings. The zero-order valence-corrected chi connectivity index (χ0v) is 33.8. The maximum absolute atomic E-state index is 14.3. The molecule has 1 saturated heterocycles. The van der Waals surface area contributed by atoms with Gasteiger partial charge in [-0.05, 0) is 56.6 Å². The van der Waals surface area contributed by atoms with E-state index in [4.69, 9.17) is 9.47 Å². The van der Waals surface area contributed by atoms with E-state index >= 15 is 0 Å². The van der Waals surface area contributed by atoms with Crippen LogP contribution in [0.15, 0.2) is 30.3 Å². The first-order valence-electron chi connectivity index (χ1n) is 19.2. The van der Waals surface area contributed by atoms with Gasteiger partial charge in [-0.3, -0.25) is 19.2 Å². The molecule has 1 aromatic carbocycles. The molecule has 0 bridgehead atoms. The molecule has 12 heteroatoms. The standard InChI is InChI=1S/C40H69N5O7/c1-13-26(6)35(44(10)40(50)34(25(4)5)43-39(49)33(41-9)24(2)3)31(51-11)23-32(46)45-22-18-17-21-30(45)37(52-12)27(7)38(48)42-28(8)36(47)29-19-15-14-16-20-29/h14-16,19-20,24-28,30-31,33-37,41,47H,13,17-18,21-23H2,1-12H3,(H,42,48)(H,43,49)/t26-,27+,28+,30-,31+,33-,34-,35-,36+,37+/m0/s1. The Kier molecular flexibility index (Phi) is 18.7. The number of methoxy groups -OCH3 is 2. The summed E-state index contributed by atoms with van der Waals surface area (Å²) in [5.41, 5.74) is 0.712. The first kappa shape index (κ1) is 45.1. The van der Waals surface area contributed by atoms with E-state index in [0.29, 0.717) is 18.5 Å². The third-order valence-electron chi connectivity index (χ3n) is 11.0. The predicted octanol–water partition coefficient (Wildman–Crippen LogP) is 3.92. The van der Waals surface area contributed by atoms with Crippen LogP contribution in [0.4, 0.5) is 0 Å². The van der Waals surface area contributed by atoms with Crippen molar-refractivity contribution in [2.45, 2.75) is 136 Å². The molecule has 4 N–H and O–H groups in total. The van der Waals surface area contributed by atoms with E-state index in [-0.39, 0.29) is 53.8 Å². The second-order valence-corrected chi connectivity index (χ2v) is 15.3. The van der Waals surface area contributed by atoms with Crippen molar-refractivity contribution in [3.05, 3.63) is 35.9 Å². The van der Waals surface area contributed by atoms with Crippen LogP contribution in [-0.4, -0.2) is 116 Å². The second-order valence-electron chi connectivity index (χ2n) is 15.3. The molecule has 12 nitrogen and oxygen atoms in total. The van der Waals surface area contributed by atoms with E-state index < -0.39 is 48.4 Å². The minimum absolute atomic E-state index is 0.0169. The molecule has 1 aromatic rings. The number of hydrogen-bond donors (Lipinski definition) is 4. The fraction of sp³-hybridized carbons (Fsp3) is 0.750. The van der Waals surface area contributed by atoms with Crippen LogP contribution in [0.5, 0.6) is 0 Å². The highest BCUT2D eigenvalue weighted by Gasteiger charge is 2.42. The number of piperidine rings is 1. The highest BCUT2D eigenvalue weighted by atomic mass is 16.5. The van der Waals surface area contributed by atoms with Crippen molar-refractivity contribution in [2.75, 3.05) is 34.9 Å².